The molecule has 0 saturated carbocycles. The van der Waals surface area contributed by atoms with Gasteiger partial charge >= 0.3 is 0 Å². The van der Waals surface area contributed by atoms with Crippen molar-refractivity contribution in [2.75, 3.05) is 31.6 Å². The maximum absolute atomic E-state index is 12.8. The van der Waals surface area contributed by atoms with E-state index in [1.165, 1.54) is 33.8 Å². The van der Waals surface area contributed by atoms with E-state index in [2.05, 4.69) is 10.3 Å². The number of carbonyl (C=O) groups is 1. The Morgan fingerprint density at radius 1 is 1.36 bits per heavy atom. The molecule has 1 N–H and O–H groups in total. The number of anilines is 1. The first kappa shape index (κ1) is 18.3. The third kappa shape index (κ3) is 4.01. The van der Waals surface area contributed by atoms with Crippen molar-refractivity contribution >= 4 is 44.0 Å². The number of aromatic nitrogens is 1. The van der Waals surface area contributed by atoms with Gasteiger partial charge in [0.15, 0.2) is 5.13 Å². The summed E-state index contributed by atoms with van der Waals surface area (Å²) >= 11 is 7.39. The van der Waals surface area contributed by atoms with E-state index in [9.17, 15) is 13.2 Å². The number of thiazole rings is 1. The third-order valence-corrected chi connectivity index (χ3v) is 6.88. The van der Waals surface area contributed by atoms with Crippen molar-refractivity contribution in [3.8, 4) is 0 Å². The highest BCUT2D eigenvalue weighted by atomic mass is 35.5. The van der Waals surface area contributed by atoms with Crippen molar-refractivity contribution in [3.05, 3.63) is 39.9 Å². The molecule has 0 spiro atoms. The zero-order chi connectivity index (χ0) is 18.0. The Hall–Kier alpha value is -1.52. The summed E-state index contributed by atoms with van der Waals surface area (Å²) in [4.78, 5) is 16.4. The SMILES string of the molecule is Cc1csc(NC(=O)c2ccc(Cl)c(S(=O)(=O)N3CCOCC3)c2)n1. The molecule has 10 heteroatoms. The minimum Gasteiger partial charge on any atom is -0.379 e. The van der Waals surface area contributed by atoms with Gasteiger partial charge in [-0.25, -0.2) is 13.4 Å². The predicted molar refractivity (Wildman–Crippen MR) is 95.8 cm³/mol. The Bertz CT molecular complexity index is 892. The maximum atomic E-state index is 12.8. The smallest absolute Gasteiger partial charge is 0.257 e. The highest BCUT2D eigenvalue weighted by molar-refractivity contribution is 7.89. The Morgan fingerprint density at radius 3 is 2.72 bits per heavy atom. The van der Waals surface area contributed by atoms with Gasteiger partial charge in [-0.15, -0.1) is 11.3 Å². The van der Waals surface area contributed by atoms with Crippen molar-refractivity contribution in [2.24, 2.45) is 0 Å². The molecule has 7 nitrogen and oxygen atoms in total. The summed E-state index contributed by atoms with van der Waals surface area (Å²) in [5.41, 5.74) is 0.996. The molecule has 1 saturated heterocycles. The van der Waals surface area contributed by atoms with Crippen molar-refractivity contribution in [1.29, 1.82) is 0 Å². The number of nitrogens with one attached hydrogen (secondary N) is 1. The van der Waals surface area contributed by atoms with Crippen LogP contribution in [0, 0.1) is 6.92 Å². The van der Waals surface area contributed by atoms with Crippen LogP contribution in [0.4, 0.5) is 5.13 Å². The summed E-state index contributed by atoms with van der Waals surface area (Å²) in [6.07, 6.45) is 0. The fourth-order valence-electron chi connectivity index (χ4n) is 2.35. The van der Waals surface area contributed by atoms with Crippen LogP contribution in [0.25, 0.3) is 0 Å². The predicted octanol–water partition coefficient (Wildman–Crippen LogP) is 2.38. The van der Waals surface area contributed by atoms with Crippen molar-refractivity contribution < 1.29 is 17.9 Å². The molecule has 1 amide bonds. The van der Waals surface area contributed by atoms with Gasteiger partial charge in [-0.2, -0.15) is 4.31 Å². The molecule has 25 heavy (non-hydrogen) atoms. The Balaban J connectivity index is 1.88. The number of aryl methyl sites for hydroxylation is 1. The second-order valence-corrected chi connectivity index (χ2v) is 8.58. The zero-order valence-electron chi connectivity index (χ0n) is 13.4. The topological polar surface area (TPSA) is 88.6 Å². The normalized spacial score (nSPS) is 15.9. The summed E-state index contributed by atoms with van der Waals surface area (Å²) in [5, 5.41) is 5.00. The first-order valence-corrected chi connectivity index (χ1v) is 10.2. The second kappa shape index (κ2) is 7.38. The minimum atomic E-state index is -3.79. The molecule has 2 aromatic rings. The number of halogens is 1. The molecule has 2 heterocycles. The zero-order valence-corrected chi connectivity index (χ0v) is 15.7. The van der Waals surface area contributed by atoms with E-state index >= 15 is 0 Å². The summed E-state index contributed by atoms with van der Waals surface area (Å²) in [6.45, 7) is 3.00. The molecule has 0 bridgehead atoms. The van der Waals surface area contributed by atoms with Gasteiger partial charge in [0.2, 0.25) is 10.0 Å². The maximum Gasteiger partial charge on any atom is 0.257 e. The highest BCUT2D eigenvalue weighted by Gasteiger charge is 2.29. The molecule has 1 aromatic heterocycles. The first-order valence-electron chi connectivity index (χ1n) is 7.49. The van der Waals surface area contributed by atoms with E-state index in [1.807, 2.05) is 12.3 Å². The molecule has 1 fully saturated rings. The second-order valence-electron chi connectivity index (χ2n) is 5.41. The Kier molecular flexibility index (Phi) is 5.40. The number of ether oxygens (including phenoxy) is 1. The molecule has 0 unspecified atom stereocenters. The standard InChI is InChI=1S/C15H16ClN3O4S2/c1-10-9-24-15(17-10)18-14(20)11-2-3-12(16)13(8-11)25(21,22)19-4-6-23-7-5-19/h2-3,8-9H,4-7H2,1H3,(H,17,18,20). The van der Waals surface area contributed by atoms with Crippen LogP contribution in [-0.2, 0) is 14.8 Å². The quantitative estimate of drug-likeness (QED) is 0.849. The first-order chi connectivity index (χ1) is 11.9. The van der Waals surface area contributed by atoms with Gasteiger partial charge in [0.25, 0.3) is 5.91 Å². The van der Waals surface area contributed by atoms with E-state index in [-0.39, 0.29) is 28.6 Å². The number of rotatable bonds is 4. The molecule has 0 radical (unpaired) electrons. The third-order valence-electron chi connectivity index (χ3n) is 3.62. The molecule has 1 aliphatic rings. The molecule has 1 aliphatic heterocycles. The summed E-state index contributed by atoms with van der Waals surface area (Å²) in [7, 11) is -3.79. The largest absolute Gasteiger partial charge is 0.379 e. The van der Waals surface area contributed by atoms with Gasteiger partial charge in [-0.05, 0) is 25.1 Å². The lowest BCUT2D eigenvalue weighted by molar-refractivity contribution is 0.0730. The van der Waals surface area contributed by atoms with Crippen LogP contribution in [-0.4, -0.2) is 49.9 Å². The van der Waals surface area contributed by atoms with Crippen molar-refractivity contribution in [1.82, 2.24) is 9.29 Å². The van der Waals surface area contributed by atoms with E-state index in [4.69, 9.17) is 16.3 Å². The van der Waals surface area contributed by atoms with Gasteiger partial charge < -0.3 is 4.74 Å². The van der Waals surface area contributed by atoms with Gasteiger partial charge in [-0.1, -0.05) is 11.6 Å². The van der Waals surface area contributed by atoms with E-state index in [1.54, 1.807) is 0 Å². The average molecular weight is 402 g/mol. The van der Waals surface area contributed by atoms with Crippen LogP contribution in [0.3, 0.4) is 0 Å². The van der Waals surface area contributed by atoms with Crippen LogP contribution < -0.4 is 5.32 Å². The lowest BCUT2D eigenvalue weighted by atomic mass is 10.2. The molecular formula is C15H16ClN3O4S2. The van der Waals surface area contributed by atoms with Crippen LogP contribution in [0.15, 0.2) is 28.5 Å². The van der Waals surface area contributed by atoms with Gasteiger partial charge in [-0.3, -0.25) is 10.1 Å². The lowest BCUT2D eigenvalue weighted by Crippen LogP contribution is -2.40. The van der Waals surface area contributed by atoms with Crippen LogP contribution in [0.2, 0.25) is 5.02 Å². The molecule has 134 valence electrons. The number of carbonyl (C=O) groups excluding carboxylic acids is 1. The van der Waals surface area contributed by atoms with Crippen LogP contribution in [0.5, 0.6) is 0 Å². The summed E-state index contributed by atoms with van der Waals surface area (Å²) < 4.78 is 32.1. The number of hydrogen-bond donors (Lipinski definition) is 1. The Morgan fingerprint density at radius 2 is 2.08 bits per heavy atom. The number of benzene rings is 1. The number of morpholine rings is 1. The van der Waals surface area contributed by atoms with Crippen LogP contribution >= 0.6 is 22.9 Å². The molecule has 0 aliphatic carbocycles. The van der Waals surface area contributed by atoms with Crippen LogP contribution in [0.1, 0.15) is 16.1 Å². The number of amides is 1. The monoisotopic (exact) mass is 401 g/mol. The fourth-order valence-corrected chi connectivity index (χ4v) is 4.94. The average Bonchev–Trinajstić information content (AvgIpc) is 3.00. The number of hydrogen-bond acceptors (Lipinski definition) is 6. The summed E-state index contributed by atoms with van der Waals surface area (Å²) in [5.74, 6) is -0.440. The molecule has 0 atom stereocenters. The van der Waals surface area contributed by atoms with E-state index in [0.717, 1.165) is 5.69 Å². The number of sulfonamides is 1. The van der Waals surface area contributed by atoms with Gasteiger partial charge in [0.1, 0.15) is 4.90 Å². The fraction of sp³-hybridized carbons (Fsp3) is 0.333. The molecular weight excluding hydrogens is 386 g/mol. The summed E-state index contributed by atoms with van der Waals surface area (Å²) in [6, 6.07) is 4.19. The van der Waals surface area contributed by atoms with Crippen molar-refractivity contribution in [3.63, 3.8) is 0 Å². The number of nitrogens with zero attached hydrogens (tertiary/aromatic N) is 2. The highest BCUT2D eigenvalue weighted by Crippen LogP contribution is 2.27. The molecule has 3 rings (SSSR count). The van der Waals surface area contributed by atoms with Crippen molar-refractivity contribution in [2.45, 2.75) is 11.8 Å². The molecule has 1 aromatic carbocycles. The van der Waals surface area contributed by atoms with Gasteiger partial charge in [0.05, 0.1) is 23.9 Å². The van der Waals surface area contributed by atoms with E-state index < -0.39 is 15.9 Å². The minimum absolute atomic E-state index is 0.0770. The lowest BCUT2D eigenvalue weighted by Gasteiger charge is -2.26. The van der Waals surface area contributed by atoms with Gasteiger partial charge in [0, 0.05) is 24.0 Å². The van der Waals surface area contributed by atoms with E-state index in [0.29, 0.717) is 18.3 Å². The Labute approximate surface area is 154 Å².